The van der Waals surface area contributed by atoms with Crippen LogP contribution in [-0.2, 0) is 6.54 Å². The smallest absolute Gasteiger partial charge is 0.158 e. The molecule has 8 heteroatoms. The molecule has 3 aromatic rings. The number of halogens is 2. The van der Waals surface area contributed by atoms with E-state index in [1.165, 1.54) is 12.8 Å². The van der Waals surface area contributed by atoms with Gasteiger partial charge in [0.15, 0.2) is 5.82 Å². The molecule has 27 heavy (non-hydrogen) atoms. The average Bonchev–Trinajstić information content (AvgIpc) is 3.14. The van der Waals surface area contributed by atoms with Crippen molar-refractivity contribution in [3.8, 4) is 0 Å². The first-order chi connectivity index (χ1) is 13.1. The number of hydrogen-bond donors (Lipinski definition) is 1. The van der Waals surface area contributed by atoms with Crippen molar-refractivity contribution in [2.45, 2.75) is 32.4 Å². The fraction of sp³-hybridized carbons (Fsp3) is 0.316. The Morgan fingerprint density at radius 1 is 1.15 bits per heavy atom. The SMILES string of the molecule is CC1=C(c2ncnn2CC2CC2)[C@@H](c2ccc(Cl)c(Cl)c2)n2nccc2N1. The second-order valence-electron chi connectivity index (χ2n) is 7.11. The summed E-state index contributed by atoms with van der Waals surface area (Å²) in [6, 6.07) is 7.52. The fourth-order valence-corrected chi connectivity index (χ4v) is 3.94. The number of nitrogens with zero attached hydrogens (tertiary/aromatic N) is 5. The largest absolute Gasteiger partial charge is 0.344 e. The first-order valence-electron chi connectivity index (χ1n) is 8.96. The molecule has 2 aliphatic rings. The summed E-state index contributed by atoms with van der Waals surface area (Å²) in [7, 11) is 0. The van der Waals surface area contributed by atoms with Crippen LogP contribution in [-0.4, -0.2) is 24.5 Å². The van der Waals surface area contributed by atoms with Crippen LogP contribution < -0.4 is 5.32 Å². The first kappa shape index (κ1) is 16.8. The van der Waals surface area contributed by atoms with Crippen molar-refractivity contribution in [3.63, 3.8) is 0 Å². The highest BCUT2D eigenvalue weighted by atomic mass is 35.5. The van der Waals surface area contributed by atoms with Gasteiger partial charge in [-0.05, 0) is 43.4 Å². The lowest BCUT2D eigenvalue weighted by Crippen LogP contribution is -2.25. The van der Waals surface area contributed by atoms with Gasteiger partial charge < -0.3 is 5.32 Å². The van der Waals surface area contributed by atoms with E-state index in [-0.39, 0.29) is 6.04 Å². The molecule has 0 bridgehead atoms. The molecule has 1 atom stereocenters. The molecule has 1 aliphatic heterocycles. The number of hydrogen-bond acceptors (Lipinski definition) is 4. The lowest BCUT2D eigenvalue weighted by atomic mass is 9.95. The molecule has 5 rings (SSSR count). The monoisotopic (exact) mass is 400 g/mol. The van der Waals surface area contributed by atoms with Gasteiger partial charge in [0.25, 0.3) is 0 Å². The molecule has 6 nitrogen and oxygen atoms in total. The van der Waals surface area contributed by atoms with E-state index in [2.05, 4.69) is 27.4 Å². The van der Waals surface area contributed by atoms with E-state index in [1.54, 1.807) is 12.5 Å². The Bertz CT molecular complexity index is 1050. The maximum absolute atomic E-state index is 6.32. The summed E-state index contributed by atoms with van der Waals surface area (Å²) >= 11 is 12.5. The van der Waals surface area contributed by atoms with Crippen LogP contribution in [0.1, 0.15) is 37.2 Å². The van der Waals surface area contributed by atoms with Gasteiger partial charge in [0.1, 0.15) is 18.2 Å². The van der Waals surface area contributed by atoms with Crippen LogP contribution in [0.25, 0.3) is 5.57 Å². The molecule has 1 aromatic carbocycles. The molecule has 0 spiro atoms. The van der Waals surface area contributed by atoms with Gasteiger partial charge in [0.05, 0.1) is 16.2 Å². The van der Waals surface area contributed by atoms with Crippen LogP contribution >= 0.6 is 23.2 Å². The number of anilines is 1. The van der Waals surface area contributed by atoms with Crippen molar-refractivity contribution in [2.75, 3.05) is 5.32 Å². The van der Waals surface area contributed by atoms with Crippen LogP contribution in [0, 0.1) is 5.92 Å². The number of rotatable bonds is 4. The predicted octanol–water partition coefficient (Wildman–Crippen LogP) is 4.64. The van der Waals surface area contributed by atoms with Crippen LogP contribution in [0.4, 0.5) is 5.82 Å². The van der Waals surface area contributed by atoms with Crippen LogP contribution in [0.2, 0.25) is 10.0 Å². The molecule has 0 unspecified atom stereocenters. The summed E-state index contributed by atoms with van der Waals surface area (Å²) in [4.78, 5) is 4.60. The topological polar surface area (TPSA) is 60.6 Å². The standard InChI is InChI=1S/C19H18Cl2N6/c1-11-17(19-22-10-24-26(19)9-12-2-3-12)18(27-16(25-11)6-7-23-27)13-4-5-14(20)15(21)8-13/h4-8,10,12,18,25H,2-3,9H2,1H3/t18-/m1/s1. The molecular formula is C19H18Cl2N6. The number of allylic oxidation sites excluding steroid dienone is 2. The predicted molar refractivity (Wildman–Crippen MR) is 106 cm³/mol. The van der Waals surface area contributed by atoms with E-state index in [1.807, 2.05) is 33.6 Å². The molecule has 1 fully saturated rings. The van der Waals surface area contributed by atoms with Gasteiger partial charge >= 0.3 is 0 Å². The molecule has 0 amide bonds. The lowest BCUT2D eigenvalue weighted by Gasteiger charge is -2.30. The third-order valence-electron chi connectivity index (χ3n) is 5.15. The molecule has 0 saturated heterocycles. The average molecular weight is 401 g/mol. The van der Waals surface area contributed by atoms with Gasteiger partial charge in [0.2, 0.25) is 0 Å². The highest BCUT2D eigenvalue weighted by molar-refractivity contribution is 6.42. The fourth-order valence-electron chi connectivity index (χ4n) is 3.64. The van der Waals surface area contributed by atoms with Gasteiger partial charge in [-0.3, -0.25) is 0 Å². The highest BCUT2D eigenvalue weighted by Crippen LogP contribution is 2.42. The molecule has 138 valence electrons. The number of aromatic nitrogens is 5. The molecule has 1 aliphatic carbocycles. The Balaban J connectivity index is 1.67. The van der Waals surface area contributed by atoms with E-state index in [0.717, 1.165) is 35.0 Å². The Labute approximate surface area is 166 Å². The summed E-state index contributed by atoms with van der Waals surface area (Å²) in [6.45, 7) is 2.96. The summed E-state index contributed by atoms with van der Waals surface area (Å²) in [5.41, 5.74) is 3.08. The molecule has 1 saturated carbocycles. The van der Waals surface area contributed by atoms with Crippen molar-refractivity contribution < 1.29 is 0 Å². The van der Waals surface area contributed by atoms with Crippen LogP contribution in [0.3, 0.4) is 0 Å². The van der Waals surface area contributed by atoms with Crippen molar-refractivity contribution in [1.82, 2.24) is 24.5 Å². The van der Waals surface area contributed by atoms with Gasteiger partial charge in [-0.2, -0.15) is 10.2 Å². The zero-order chi connectivity index (χ0) is 18.5. The molecule has 3 heterocycles. The maximum Gasteiger partial charge on any atom is 0.158 e. The zero-order valence-electron chi connectivity index (χ0n) is 14.7. The van der Waals surface area contributed by atoms with E-state index in [9.17, 15) is 0 Å². The van der Waals surface area contributed by atoms with Crippen LogP contribution in [0.15, 0.2) is 42.5 Å². The quantitative estimate of drug-likeness (QED) is 0.692. The number of fused-ring (bicyclic) bond motifs is 1. The second-order valence-corrected chi connectivity index (χ2v) is 7.92. The van der Waals surface area contributed by atoms with Crippen molar-refractivity contribution in [1.29, 1.82) is 0 Å². The maximum atomic E-state index is 6.32. The Hall–Kier alpha value is -2.31. The van der Waals surface area contributed by atoms with Gasteiger partial charge in [-0.25, -0.2) is 14.3 Å². The molecule has 0 radical (unpaired) electrons. The van der Waals surface area contributed by atoms with E-state index >= 15 is 0 Å². The first-order valence-corrected chi connectivity index (χ1v) is 9.72. The van der Waals surface area contributed by atoms with Gasteiger partial charge in [-0.15, -0.1) is 0 Å². The van der Waals surface area contributed by atoms with E-state index in [0.29, 0.717) is 16.0 Å². The normalized spacial score (nSPS) is 19.1. The van der Waals surface area contributed by atoms with Crippen molar-refractivity contribution in [3.05, 3.63) is 63.9 Å². The summed E-state index contributed by atoms with van der Waals surface area (Å²) in [6.07, 6.45) is 5.94. The summed E-state index contributed by atoms with van der Waals surface area (Å²) < 4.78 is 3.97. The van der Waals surface area contributed by atoms with Crippen LogP contribution in [0.5, 0.6) is 0 Å². The summed E-state index contributed by atoms with van der Waals surface area (Å²) in [5, 5.41) is 13.5. The third-order valence-corrected chi connectivity index (χ3v) is 5.89. The number of benzene rings is 1. The molecular weight excluding hydrogens is 383 g/mol. The Kier molecular flexibility index (Phi) is 3.98. The third kappa shape index (κ3) is 2.93. The Morgan fingerprint density at radius 2 is 2.00 bits per heavy atom. The van der Waals surface area contributed by atoms with Crippen molar-refractivity contribution in [2.24, 2.45) is 5.92 Å². The van der Waals surface area contributed by atoms with E-state index in [4.69, 9.17) is 23.2 Å². The number of nitrogens with one attached hydrogen (secondary N) is 1. The second kappa shape index (κ2) is 6.39. The Morgan fingerprint density at radius 3 is 2.78 bits per heavy atom. The van der Waals surface area contributed by atoms with Crippen molar-refractivity contribution >= 4 is 34.6 Å². The minimum Gasteiger partial charge on any atom is -0.344 e. The van der Waals surface area contributed by atoms with Gasteiger partial charge in [0, 0.05) is 23.9 Å². The van der Waals surface area contributed by atoms with E-state index < -0.39 is 0 Å². The summed E-state index contributed by atoms with van der Waals surface area (Å²) in [5.74, 6) is 2.50. The molecule has 1 N–H and O–H groups in total. The minimum atomic E-state index is -0.159. The van der Waals surface area contributed by atoms with Gasteiger partial charge in [-0.1, -0.05) is 29.3 Å². The zero-order valence-corrected chi connectivity index (χ0v) is 16.2. The minimum absolute atomic E-state index is 0.159. The molecule has 2 aromatic heterocycles. The lowest BCUT2D eigenvalue weighted by molar-refractivity contribution is 0.544. The highest BCUT2D eigenvalue weighted by Gasteiger charge is 2.33.